The Morgan fingerprint density at radius 1 is 0.640 bits per heavy atom. The lowest BCUT2D eigenvalue weighted by atomic mass is 10.1. The van der Waals surface area contributed by atoms with Crippen LogP contribution in [-0.4, -0.2) is 13.0 Å². The third-order valence-corrected chi connectivity index (χ3v) is 4.94. The van der Waals surface area contributed by atoms with E-state index in [0.29, 0.717) is 6.42 Å². The van der Waals surface area contributed by atoms with Crippen LogP contribution in [-0.2, 0) is 4.79 Å². The van der Waals surface area contributed by atoms with E-state index in [0.717, 1.165) is 6.42 Å². The van der Waals surface area contributed by atoms with Crippen LogP contribution in [0.2, 0.25) is 0 Å². The number of allylic oxidation sites excluding steroid dienone is 2. The Hall–Kier alpha value is -0.790. The third kappa shape index (κ3) is 21.2. The van der Waals surface area contributed by atoms with Crippen molar-refractivity contribution in [3.8, 4) is 0 Å². The Morgan fingerprint density at radius 2 is 1.04 bits per heavy atom. The Morgan fingerprint density at radius 3 is 1.48 bits per heavy atom. The Bertz CT molecular complexity index is 298. The zero-order chi connectivity index (χ0) is 18.4. The van der Waals surface area contributed by atoms with Crippen LogP contribution in [0.15, 0.2) is 12.2 Å². The summed E-state index contributed by atoms with van der Waals surface area (Å²) < 4.78 is 0. The summed E-state index contributed by atoms with van der Waals surface area (Å²) in [5.74, 6) is 0.182. The Labute approximate surface area is 158 Å². The molecule has 0 aliphatic heterocycles. The van der Waals surface area contributed by atoms with E-state index in [1.807, 2.05) is 0 Å². The van der Waals surface area contributed by atoms with Crippen LogP contribution in [0.5, 0.6) is 0 Å². The first-order valence-electron chi connectivity index (χ1n) is 11.2. The molecule has 148 valence electrons. The summed E-state index contributed by atoms with van der Waals surface area (Å²) in [7, 11) is 1.72. The van der Waals surface area contributed by atoms with Gasteiger partial charge in [0.2, 0.25) is 5.91 Å². The zero-order valence-corrected chi connectivity index (χ0v) is 17.3. The van der Waals surface area contributed by atoms with Gasteiger partial charge in [0.05, 0.1) is 0 Å². The van der Waals surface area contributed by atoms with Gasteiger partial charge in [0, 0.05) is 13.5 Å². The molecule has 2 nitrogen and oxygen atoms in total. The second kappa shape index (κ2) is 21.3. The third-order valence-electron chi connectivity index (χ3n) is 4.94. The SMILES string of the molecule is CCCCCCCC/C=C\CCCCCCCCCCCC(=O)NC. The highest BCUT2D eigenvalue weighted by molar-refractivity contribution is 5.75. The van der Waals surface area contributed by atoms with Gasteiger partial charge in [-0.3, -0.25) is 4.79 Å². The lowest BCUT2D eigenvalue weighted by molar-refractivity contribution is -0.120. The van der Waals surface area contributed by atoms with Gasteiger partial charge in [-0.2, -0.15) is 0 Å². The molecule has 0 unspecified atom stereocenters. The number of hydrogen-bond acceptors (Lipinski definition) is 1. The van der Waals surface area contributed by atoms with E-state index in [2.05, 4.69) is 24.4 Å². The summed E-state index contributed by atoms with van der Waals surface area (Å²) in [5, 5.41) is 2.68. The van der Waals surface area contributed by atoms with Crippen LogP contribution < -0.4 is 5.32 Å². The molecular weight excluding hydrogens is 306 g/mol. The molecule has 2 heteroatoms. The first-order chi connectivity index (χ1) is 12.3. The molecular formula is C23H45NO. The number of hydrogen-bond donors (Lipinski definition) is 1. The number of carbonyl (C=O) groups excluding carboxylic acids is 1. The minimum atomic E-state index is 0.182. The fraction of sp³-hybridized carbons (Fsp3) is 0.870. The van der Waals surface area contributed by atoms with Crippen LogP contribution in [0.4, 0.5) is 0 Å². The average molecular weight is 352 g/mol. The summed E-state index contributed by atoms with van der Waals surface area (Å²) in [6.07, 6.45) is 28.2. The molecule has 25 heavy (non-hydrogen) atoms. The van der Waals surface area contributed by atoms with Crippen molar-refractivity contribution >= 4 is 5.91 Å². The fourth-order valence-corrected chi connectivity index (χ4v) is 3.19. The summed E-state index contributed by atoms with van der Waals surface area (Å²) in [5.41, 5.74) is 0. The van der Waals surface area contributed by atoms with Gasteiger partial charge in [0.25, 0.3) is 0 Å². The molecule has 0 saturated carbocycles. The topological polar surface area (TPSA) is 29.1 Å². The number of unbranched alkanes of at least 4 members (excludes halogenated alkanes) is 15. The molecule has 0 bridgehead atoms. The van der Waals surface area contributed by atoms with Gasteiger partial charge in [0.15, 0.2) is 0 Å². The maximum absolute atomic E-state index is 11.1. The second-order valence-electron chi connectivity index (χ2n) is 7.42. The highest BCUT2D eigenvalue weighted by Crippen LogP contribution is 2.12. The van der Waals surface area contributed by atoms with Crippen molar-refractivity contribution in [2.75, 3.05) is 7.05 Å². The van der Waals surface area contributed by atoms with E-state index >= 15 is 0 Å². The summed E-state index contributed by atoms with van der Waals surface area (Å²) in [6, 6.07) is 0. The molecule has 0 atom stereocenters. The predicted octanol–water partition coefficient (Wildman–Crippen LogP) is 7.33. The van der Waals surface area contributed by atoms with Crippen LogP contribution in [0, 0.1) is 0 Å². The van der Waals surface area contributed by atoms with Gasteiger partial charge in [0.1, 0.15) is 0 Å². The molecule has 0 rings (SSSR count). The van der Waals surface area contributed by atoms with Crippen molar-refractivity contribution in [3.05, 3.63) is 12.2 Å². The molecule has 0 aromatic heterocycles. The van der Waals surface area contributed by atoms with Crippen molar-refractivity contribution in [1.82, 2.24) is 5.32 Å². The van der Waals surface area contributed by atoms with E-state index in [1.54, 1.807) is 7.05 Å². The number of rotatable bonds is 19. The van der Waals surface area contributed by atoms with Crippen LogP contribution in [0.1, 0.15) is 122 Å². The van der Waals surface area contributed by atoms with E-state index in [1.165, 1.54) is 103 Å². The zero-order valence-electron chi connectivity index (χ0n) is 17.3. The summed E-state index contributed by atoms with van der Waals surface area (Å²) >= 11 is 0. The van der Waals surface area contributed by atoms with Gasteiger partial charge in [-0.15, -0.1) is 0 Å². The second-order valence-corrected chi connectivity index (χ2v) is 7.42. The first-order valence-corrected chi connectivity index (χ1v) is 11.2. The smallest absolute Gasteiger partial charge is 0.219 e. The highest BCUT2D eigenvalue weighted by Gasteiger charge is 1.97. The standard InChI is InChI=1S/C23H45NO/c1-3-4-5-6-7-8-9-10-11-12-13-14-15-16-17-18-19-20-21-22-23(25)24-2/h10-11H,3-9,12-22H2,1-2H3,(H,24,25)/b11-10-. The van der Waals surface area contributed by atoms with Crippen LogP contribution in [0.3, 0.4) is 0 Å². The molecule has 0 saturated heterocycles. The predicted molar refractivity (Wildman–Crippen MR) is 112 cm³/mol. The van der Waals surface area contributed by atoms with E-state index in [-0.39, 0.29) is 5.91 Å². The molecule has 1 N–H and O–H groups in total. The number of carbonyl (C=O) groups is 1. The van der Waals surface area contributed by atoms with Crippen molar-refractivity contribution in [1.29, 1.82) is 0 Å². The normalized spacial score (nSPS) is 11.3. The number of nitrogens with one attached hydrogen (secondary N) is 1. The molecule has 0 radical (unpaired) electrons. The van der Waals surface area contributed by atoms with Gasteiger partial charge >= 0.3 is 0 Å². The largest absolute Gasteiger partial charge is 0.359 e. The maximum atomic E-state index is 11.1. The fourth-order valence-electron chi connectivity index (χ4n) is 3.19. The Balaban J connectivity index is 3.08. The molecule has 0 spiro atoms. The van der Waals surface area contributed by atoms with Gasteiger partial charge < -0.3 is 5.32 Å². The minimum Gasteiger partial charge on any atom is -0.359 e. The maximum Gasteiger partial charge on any atom is 0.219 e. The molecule has 1 amide bonds. The molecule has 0 aromatic carbocycles. The quantitative estimate of drug-likeness (QED) is 0.191. The number of amides is 1. The first kappa shape index (κ1) is 24.2. The van der Waals surface area contributed by atoms with Gasteiger partial charge in [-0.05, 0) is 32.1 Å². The summed E-state index contributed by atoms with van der Waals surface area (Å²) in [4.78, 5) is 11.1. The lowest BCUT2D eigenvalue weighted by Crippen LogP contribution is -2.16. The molecule has 0 fully saturated rings. The van der Waals surface area contributed by atoms with E-state index in [4.69, 9.17) is 0 Å². The summed E-state index contributed by atoms with van der Waals surface area (Å²) in [6.45, 7) is 2.28. The Kier molecular flexibility index (Phi) is 20.6. The van der Waals surface area contributed by atoms with E-state index < -0.39 is 0 Å². The van der Waals surface area contributed by atoms with Gasteiger partial charge in [-0.1, -0.05) is 96.1 Å². The van der Waals surface area contributed by atoms with E-state index in [9.17, 15) is 4.79 Å². The van der Waals surface area contributed by atoms with Crippen molar-refractivity contribution in [2.45, 2.75) is 122 Å². The monoisotopic (exact) mass is 351 g/mol. The van der Waals surface area contributed by atoms with Crippen molar-refractivity contribution in [3.63, 3.8) is 0 Å². The minimum absolute atomic E-state index is 0.182. The van der Waals surface area contributed by atoms with Crippen molar-refractivity contribution in [2.24, 2.45) is 0 Å². The van der Waals surface area contributed by atoms with Crippen molar-refractivity contribution < 1.29 is 4.79 Å². The lowest BCUT2D eigenvalue weighted by Gasteiger charge is -2.02. The van der Waals surface area contributed by atoms with Gasteiger partial charge in [-0.25, -0.2) is 0 Å². The average Bonchev–Trinajstić information content (AvgIpc) is 2.63. The van der Waals surface area contributed by atoms with Crippen LogP contribution in [0.25, 0.3) is 0 Å². The van der Waals surface area contributed by atoms with Crippen LogP contribution >= 0.6 is 0 Å². The molecule has 0 heterocycles. The highest BCUT2D eigenvalue weighted by atomic mass is 16.1. The molecule has 0 aliphatic carbocycles. The molecule has 0 aliphatic rings. The molecule has 0 aromatic rings.